The molecule has 1 aliphatic heterocycles. The van der Waals surface area contributed by atoms with E-state index in [0.29, 0.717) is 11.1 Å². The molecule has 1 aliphatic rings. The Bertz CT molecular complexity index is 1000. The second kappa shape index (κ2) is 7.62. The van der Waals surface area contributed by atoms with Crippen LogP contribution in [-0.4, -0.2) is 26.9 Å². The van der Waals surface area contributed by atoms with E-state index in [1.165, 1.54) is 5.01 Å². The third kappa shape index (κ3) is 3.37. The van der Waals surface area contributed by atoms with Gasteiger partial charge in [-0.2, -0.15) is 5.01 Å². The number of amides is 2. The van der Waals surface area contributed by atoms with Gasteiger partial charge in [-0.1, -0.05) is 60.7 Å². The first-order chi connectivity index (χ1) is 13.6. The van der Waals surface area contributed by atoms with Crippen molar-refractivity contribution in [2.24, 2.45) is 0 Å². The Morgan fingerprint density at radius 2 is 1.29 bits per heavy atom. The Hall–Kier alpha value is -3.51. The highest BCUT2D eigenvalue weighted by atomic mass is 32.1. The second-order valence-corrected chi connectivity index (χ2v) is 6.69. The highest BCUT2D eigenvalue weighted by Crippen LogP contribution is 2.26. The van der Waals surface area contributed by atoms with Crippen LogP contribution in [0.1, 0.15) is 26.3 Å². The molecule has 2 amide bonds. The number of rotatable bonds is 4. The fourth-order valence-electron chi connectivity index (χ4n) is 3.09. The summed E-state index contributed by atoms with van der Waals surface area (Å²) in [6, 6.07) is 25.8. The first kappa shape index (κ1) is 17.9. The molecule has 28 heavy (non-hydrogen) atoms. The van der Waals surface area contributed by atoms with E-state index in [-0.39, 0.29) is 23.5 Å². The quantitative estimate of drug-likeness (QED) is 0.540. The molecule has 1 N–H and O–H groups in total. The number of carbonyl (C=O) groups excluding carboxylic acids is 2. The molecule has 3 aromatic rings. The third-order valence-electron chi connectivity index (χ3n) is 4.45. The molecule has 1 heterocycles. The number of nitrogens with one attached hydrogen (secondary N) is 1. The smallest absolute Gasteiger partial charge is 0.280 e. The Labute approximate surface area is 168 Å². The molecule has 0 unspecified atom stereocenters. The number of hydrazine groups is 1. The maximum atomic E-state index is 13.0. The maximum Gasteiger partial charge on any atom is 0.280 e. The number of para-hydroxylation sites is 1. The van der Waals surface area contributed by atoms with E-state index in [4.69, 9.17) is 12.2 Å². The van der Waals surface area contributed by atoms with Crippen LogP contribution in [0.25, 0.3) is 0 Å². The lowest BCUT2D eigenvalue weighted by molar-refractivity contribution is 0.0280. The highest BCUT2D eigenvalue weighted by molar-refractivity contribution is 7.80. The van der Waals surface area contributed by atoms with Crippen molar-refractivity contribution in [3.63, 3.8) is 0 Å². The number of thiocarbonyl (C=S) groups is 1. The van der Waals surface area contributed by atoms with Gasteiger partial charge in [0.15, 0.2) is 5.11 Å². The van der Waals surface area contributed by atoms with E-state index in [1.807, 2.05) is 60.7 Å². The van der Waals surface area contributed by atoms with Crippen molar-refractivity contribution < 1.29 is 9.59 Å². The van der Waals surface area contributed by atoms with Crippen molar-refractivity contribution in [2.75, 3.05) is 5.32 Å². The van der Waals surface area contributed by atoms with Crippen molar-refractivity contribution in [1.29, 1.82) is 0 Å². The van der Waals surface area contributed by atoms with Gasteiger partial charge in [-0.15, -0.1) is 0 Å². The van der Waals surface area contributed by atoms with Gasteiger partial charge >= 0.3 is 0 Å². The molecular formula is C22H17N3O2S. The molecule has 5 nitrogen and oxygen atoms in total. The predicted octanol–water partition coefficient (Wildman–Crippen LogP) is 4.10. The number of carbonyl (C=O) groups is 2. The van der Waals surface area contributed by atoms with Crippen LogP contribution in [0.4, 0.5) is 5.69 Å². The van der Waals surface area contributed by atoms with Crippen molar-refractivity contribution in [3.8, 4) is 0 Å². The van der Waals surface area contributed by atoms with Crippen LogP contribution in [0.15, 0.2) is 84.9 Å². The van der Waals surface area contributed by atoms with Crippen LogP contribution >= 0.6 is 12.2 Å². The maximum absolute atomic E-state index is 13.0. The van der Waals surface area contributed by atoms with Gasteiger partial charge in [-0.25, -0.2) is 5.01 Å². The number of hydrogen-bond donors (Lipinski definition) is 1. The minimum atomic E-state index is -0.381. The van der Waals surface area contributed by atoms with Crippen molar-refractivity contribution in [1.82, 2.24) is 10.0 Å². The highest BCUT2D eigenvalue weighted by Gasteiger charge is 2.40. The van der Waals surface area contributed by atoms with Gasteiger partial charge in [0.05, 0.1) is 17.7 Å². The average Bonchev–Trinajstić information content (AvgIpc) is 2.98. The summed E-state index contributed by atoms with van der Waals surface area (Å²) in [7, 11) is 0. The van der Waals surface area contributed by atoms with Crippen LogP contribution in [0, 0.1) is 0 Å². The van der Waals surface area contributed by atoms with Gasteiger partial charge in [0.2, 0.25) is 0 Å². The van der Waals surface area contributed by atoms with Crippen LogP contribution < -0.4 is 5.32 Å². The van der Waals surface area contributed by atoms with E-state index in [1.54, 1.807) is 24.3 Å². The molecule has 0 atom stereocenters. The Morgan fingerprint density at radius 1 is 0.786 bits per heavy atom. The zero-order chi connectivity index (χ0) is 19.5. The first-order valence-electron chi connectivity index (χ1n) is 8.80. The van der Waals surface area contributed by atoms with Crippen molar-refractivity contribution in [2.45, 2.75) is 6.54 Å². The Balaban J connectivity index is 1.68. The van der Waals surface area contributed by atoms with Gasteiger partial charge in [0.1, 0.15) is 0 Å². The fraction of sp³-hybridized carbons (Fsp3) is 0.0455. The van der Waals surface area contributed by atoms with E-state index >= 15 is 0 Å². The van der Waals surface area contributed by atoms with Gasteiger partial charge in [0.25, 0.3) is 11.8 Å². The molecule has 0 saturated carbocycles. The molecular weight excluding hydrogens is 370 g/mol. The number of hydrogen-bond acceptors (Lipinski definition) is 3. The van der Waals surface area contributed by atoms with E-state index in [2.05, 4.69) is 5.32 Å². The summed E-state index contributed by atoms with van der Waals surface area (Å²) in [4.78, 5) is 25.9. The molecule has 4 rings (SSSR count). The summed E-state index contributed by atoms with van der Waals surface area (Å²) < 4.78 is 0. The zero-order valence-corrected chi connectivity index (χ0v) is 15.7. The molecule has 0 saturated heterocycles. The minimum Gasteiger partial charge on any atom is -0.331 e. The Morgan fingerprint density at radius 3 is 1.86 bits per heavy atom. The number of benzene rings is 3. The molecule has 0 aromatic heterocycles. The van der Waals surface area contributed by atoms with E-state index < -0.39 is 0 Å². The molecule has 0 aliphatic carbocycles. The van der Waals surface area contributed by atoms with E-state index in [9.17, 15) is 9.59 Å². The lowest BCUT2D eigenvalue weighted by Gasteiger charge is -2.32. The lowest BCUT2D eigenvalue weighted by Crippen LogP contribution is -2.50. The first-order valence-corrected chi connectivity index (χ1v) is 9.21. The summed E-state index contributed by atoms with van der Waals surface area (Å²) in [6.07, 6.45) is 0. The molecule has 0 spiro atoms. The normalized spacial score (nSPS) is 12.6. The number of anilines is 1. The fourth-order valence-corrected chi connectivity index (χ4v) is 3.36. The number of imide groups is 1. The molecule has 0 fully saturated rings. The standard InChI is InChI=1S/C22H17N3O2S/c26-20-18-13-7-8-14-19(18)21(27)25(20)24(15-16-9-3-1-4-10-16)22(28)23-17-11-5-2-6-12-17/h1-14H,15H2,(H,23,28). The molecule has 3 aromatic carbocycles. The van der Waals surface area contributed by atoms with Crippen molar-refractivity contribution >= 4 is 34.8 Å². The zero-order valence-electron chi connectivity index (χ0n) is 14.9. The molecule has 0 bridgehead atoms. The van der Waals surface area contributed by atoms with Gasteiger partial charge in [-0.05, 0) is 42.0 Å². The summed E-state index contributed by atoms with van der Waals surface area (Å²) in [5.41, 5.74) is 2.47. The lowest BCUT2D eigenvalue weighted by atomic mass is 10.1. The van der Waals surface area contributed by atoms with Crippen LogP contribution in [-0.2, 0) is 6.54 Å². The summed E-state index contributed by atoms with van der Waals surface area (Å²) in [5.74, 6) is -0.762. The average molecular weight is 387 g/mol. The minimum absolute atomic E-state index is 0.268. The number of nitrogens with zero attached hydrogens (tertiary/aromatic N) is 2. The van der Waals surface area contributed by atoms with Crippen LogP contribution in [0.5, 0.6) is 0 Å². The van der Waals surface area contributed by atoms with Gasteiger partial charge in [-0.3, -0.25) is 9.59 Å². The van der Waals surface area contributed by atoms with Crippen LogP contribution in [0.3, 0.4) is 0 Å². The Kier molecular flexibility index (Phi) is 4.87. The summed E-state index contributed by atoms with van der Waals surface area (Å²) >= 11 is 5.58. The topological polar surface area (TPSA) is 52.7 Å². The summed E-state index contributed by atoms with van der Waals surface area (Å²) in [6.45, 7) is 0.283. The van der Waals surface area contributed by atoms with E-state index in [0.717, 1.165) is 16.3 Å². The molecule has 138 valence electrons. The van der Waals surface area contributed by atoms with Gasteiger partial charge in [0, 0.05) is 5.69 Å². The SMILES string of the molecule is O=C1c2ccccc2C(=O)N1N(Cc1ccccc1)C(=S)Nc1ccccc1. The summed E-state index contributed by atoms with van der Waals surface area (Å²) in [5, 5.41) is 6.02. The number of fused-ring (bicyclic) bond motifs is 1. The monoisotopic (exact) mass is 387 g/mol. The molecule has 0 radical (unpaired) electrons. The molecule has 6 heteroatoms. The third-order valence-corrected chi connectivity index (χ3v) is 4.76. The predicted molar refractivity (Wildman–Crippen MR) is 112 cm³/mol. The largest absolute Gasteiger partial charge is 0.331 e. The van der Waals surface area contributed by atoms with Crippen molar-refractivity contribution in [3.05, 3.63) is 102 Å². The second-order valence-electron chi connectivity index (χ2n) is 6.31. The van der Waals surface area contributed by atoms with Crippen LogP contribution in [0.2, 0.25) is 0 Å². The van der Waals surface area contributed by atoms with Gasteiger partial charge < -0.3 is 5.32 Å².